The molecule has 0 aliphatic carbocycles. The van der Waals surface area contributed by atoms with Gasteiger partial charge in [0, 0.05) is 29.4 Å². The molecule has 2 aromatic heterocycles. The van der Waals surface area contributed by atoms with Gasteiger partial charge in [-0.1, -0.05) is 121 Å². The number of hydrogen-bond acceptors (Lipinski definition) is 5. The lowest BCUT2D eigenvalue weighted by molar-refractivity contribution is -0.124. The Labute approximate surface area is 312 Å². The first kappa shape index (κ1) is 37.0. The molecule has 51 heavy (non-hydrogen) atoms. The third-order valence-corrected chi connectivity index (χ3v) is 12.7. The number of carbonyl (C=O) groups excluding carboxylic acids is 2. The molecule has 0 fully saturated rings. The van der Waals surface area contributed by atoms with Crippen molar-refractivity contribution in [3.63, 3.8) is 0 Å². The molecule has 1 atom stereocenters. The highest BCUT2D eigenvalue weighted by molar-refractivity contribution is 7.17. The van der Waals surface area contributed by atoms with Gasteiger partial charge >= 0.3 is 0 Å². The molecule has 2 aromatic carbocycles. The molecule has 0 saturated carbocycles. The van der Waals surface area contributed by atoms with E-state index in [1.807, 2.05) is 9.80 Å². The number of nitrogens with zero attached hydrogens (tertiary/aromatic N) is 2. The zero-order chi connectivity index (χ0) is 35.9. The van der Waals surface area contributed by atoms with E-state index in [0.29, 0.717) is 36.7 Å². The Hall–Kier alpha value is -3.78. The number of rotatable bonds is 18. The monoisotopic (exact) mass is 719 g/mol. The van der Waals surface area contributed by atoms with Gasteiger partial charge in [-0.15, -0.1) is 22.7 Å². The van der Waals surface area contributed by atoms with Crippen LogP contribution in [0.25, 0.3) is 32.3 Å². The van der Waals surface area contributed by atoms with Gasteiger partial charge in [0.15, 0.2) is 0 Å². The third-order valence-electron chi connectivity index (χ3n) is 10.5. The first-order valence-electron chi connectivity index (χ1n) is 19.1. The fourth-order valence-electron chi connectivity index (χ4n) is 7.30. The van der Waals surface area contributed by atoms with Gasteiger partial charge in [0.05, 0.1) is 32.3 Å². The van der Waals surface area contributed by atoms with Crippen molar-refractivity contribution in [2.24, 2.45) is 11.7 Å². The van der Waals surface area contributed by atoms with Gasteiger partial charge in [-0.05, 0) is 71.7 Å². The summed E-state index contributed by atoms with van der Waals surface area (Å²) in [7, 11) is 0. The van der Waals surface area contributed by atoms with Crippen molar-refractivity contribution in [3.8, 4) is 20.9 Å². The highest BCUT2D eigenvalue weighted by Gasteiger charge is 2.49. The summed E-state index contributed by atoms with van der Waals surface area (Å²) in [6, 6.07) is 25.6. The smallest absolute Gasteiger partial charge is 0.261 e. The van der Waals surface area contributed by atoms with Gasteiger partial charge in [-0.25, -0.2) is 0 Å². The average molecular weight is 720 g/mol. The maximum atomic E-state index is 14.9. The minimum atomic E-state index is -0.0348. The Morgan fingerprint density at radius 2 is 1.10 bits per heavy atom. The van der Waals surface area contributed by atoms with E-state index in [2.05, 4.69) is 100 Å². The van der Waals surface area contributed by atoms with Gasteiger partial charge < -0.3 is 15.5 Å². The molecule has 2 amide bonds. The SMILES string of the molecule is CCCCCCCN1C(=O)C2=C(c3ccc(-c4ccc(CN)cc4)s3)N(CC(CC)CCCC)C(=O)C2=C1c1ccc(-c2ccc(CC)cc2)s1. The molecule has 4 aromatic rings. The van der Waals surface area contributed by atoms with Crippen LogP contribution < -0.4 is 5.73 Å². The molecule has 7 heteroatoms. The highest BCUT2D eigenvalue weighted by Crippen LogP contribution is 2.50. The number of carbonyl (C=O) groups is 2. The van der Waals surface area contributed by atoms with Crippen LogP contribution in [0.4, 0.5) is 0 Å². The minimum absolute atomic E-state index is 0.0312. The van der Waals surface area contributed by atoms with Crippen molar-refractivity contribution in [2.45, 2.75) is 98.4 Å². The average Bonchev–Trinajstić information content (AvgIpc) is 3.96. The second-order valence-electron chi connectivity index (χ2n) is 13.9. The normalized spacial score (nSPS) is 15.2. The molecular formula is C44H53N3O2S2. The molecule has 268 valence electrons. The van der Waals surface area contributed by atoms with Gasteiger partial charge in [0.25, 0.3) is 11.8 Å². The molecule has 2 aliphatic heterocycles. The summed E-state index contributed by atoms with van der Waals surface area (Å²) < 4.78 is 0. The summed E-state index contributed by atoms with van der Waals surface area (Å²) in [5, 5.41) is 0. The molecule has 2 aliphatic rings. The van der Waals surface area contributed by atoms with Crippen LogP contribution >= 0.6 is 22.7 Å². The lowest BCUT2D eigenvalue weighted by Crippen LogP contribution is -2.33. The highest BCUT2D eigenvalue weighted by atomic mass is 32.1. The van der Waals surface area contributed by atoms with E-state index in [0.717, 1.165) is 99.0 Å². The zero-order valence-corrected chi connectivity index (χ0v) is 32.4. The maximum absolute atomic E-state index is 14.9. The third kappa shape index (κ3) is 7.86. The van der Waals surface area contributed by atoms with Crippen molar-refractivity contribution in [2.75, 3.05) is 13.1 Å². The molecule has 0 saturated heterocycles. The molecular weight excluding hydrogens is 667 g/mol. The van der Waals surface area contributed by atoms with Gasteiger partial charge in [-0.2, -0.15) is 0 Å². The van der Waals surface area contributed by atoms with E-state index in [-0.39, 0.29) is 11.8 Å². The summed E-state index contributed by atoms with van der Waals surface area (Å²) in [5.74, 6) is 0.295. The topological polar surface area (TPSA) is 66.6 Å². The van der Waals surface area contributed by atoms with E-state index >= 15 is 0 Å². The molecule has 6 rings (SSSR count). The standard InChI is InChI=1S/C44H53N3O2S2/c1-5-9-11-12-13-27-46-41(37-25-23-35(50-37)33-19-15-30(7-3)16-20-33)39-40(43(46)48)42(47(44(39)49)29-31(8-4)14-10-6-2)38-26-24-36(51-38)34-21-17-32(28-45)18-22-34/h15-26,31H,5-14,27-29,45H2,1-4H3. The molecule has 0 spiro atoms. The van der Waals surface area contributed by atoms with Crippen LogP contribution in [0, 0.1) is 5.92 Å². The molecule has 0 radical (unpaired) electrons. The van der Waals surface area contributed by atoms with Crippen molar-refractivity contribution >= 4 is 45.9 Å². The summed E-state index contributed by atoms with van der Waals surface area (Å²) in [6.07, 6.45) is 10.8. The fraction of sp³-hybridized carbons (Fsp3) is 0.409. The molecule has 0 bridgehead atoms. The maximum Gasteiger partial charge on any atom is 0.261 e. The van der Waals surface area contributed by atoms with Crippen LogP contribution in [0.15, 0.2) is 83.9 Å². The van der Waals surface area contributed by atoms with E-state index in [1.165, 1.54) is 18.4 Å². The minimum Gasteiger partial charge on any atom is -0.326 e. The van der Waals surface area contributed by atoms with E-state index in [1.54, 1.807) is 22.7 Å². The summed E-state index contributed by atoms with van der Waals surface area (Å²) >= 11 is 3.34. The Morgan fingerprint density at radius 1 is 0.588 bits per heavy atom. The van der Waals surface area contributed by atoms with Crippen LogP contribution in [0.3, 0.4) is 0 Å². The van der Waals surface area contributed by atoms with E-state index < -0.39 is 0 Å². The van der Waals surface area contributed by atoms with Crippen LogP contribution in [0.2, 0.25) is 0 Å². The Bertz CT molecular complexity index is 1880. The van der Waals surface area contributed by atoms with Gasteiger partial charge in [0.2, 0.25) is 0 Å². The first-order chi connectivity index (χ1) is 24.9. The second kappa shape index (κ2) is 17.2. The van der Waals surface area contributed by atoms with Crippen molar-refractivity contribution in [3.05, 3.63) is 105 Å². The largest absolute Gasteiger partial charge is 0.326 e. The summed E-state index contributed by atoms with van der Waals surface area (Å²) in [4.78, 5) is 37.9. The van der Waals surface area contributed by atoms with Crippen molar-refractivity contribution in [1.29, 1.82) is 0 Å². The van der Waals surface area contributed by atoms with E-state index in [4.69, 9.17) is 5.73 Å². The first-order valence-corrected chi connectivity index (χ1v) is 20.8. The Balaban J connectivity index is 1.47. The van der Waals surface area contributed by atoms with Crippen LogP contribution in [0.1, 0.15) is 106 Å². The van der Waals surface area contributed by atoms with Crippen molar-refractivity contribution in [1.82, 2.24) is 9.80 Å². The molecule has 4 heterocycles. The number of hydrogen-bond donors (Lipinski definition) is 1. The Morgan fingerprint density at radius 3 is 1.63 bits per heavy atom. The molecule has 1 unspecified atom stereocenters. The second-order valence-corrected chi connectivity index (χ2v) is 16.1. The predicted octanol–water partition coefficient (Wildman–Crippen LogP) is 11.2. The van der Waals surface area contributed by atoms with Gasteiger partial charge in [0.1, 0.15) is 0 Å². The van der Waals surface area contributed by atoms with E-state index in [9.17, 15) is 9.59 Å². The number of thiophene rings is 2. The number of nitrogens with two attached hydrogens (primary N) is 1. The van der Waals surface area contributed by atoms with Crippen molar-refractivity contribution < 1.29 is 9.59 Å². The van der Waals surface area contributed by atoms with Crippen LogP contribution in [-0.2, 0) is 22.6 Å². The number of aryl methyl sites for hydroxylation is 1. The Kier molecular flexibility index (Phi) is 12.4. The van der Waals surface area contributed by atoms with Crippen LogP contribution in [0.5, 0.6) is 0 Å². The molecule has 2 N–H and O–H groups in total. The van der Waals surface area contributed by atoms with Crippen LogP contribution in [-0.4, -0.2) is 34.7 Å². The number of fused-ring (bicyclic) bond motifs is 1. The summed E-state index contributed by atoms with van der Waals surface area (Å²) in [6.45, 7) is 10.6. The zero-order valence-electron chi connectivity index (χ0n) is 30.8. The lowest BCUT2D eigenvalue weighted by atomic mass is 9.98. The fourth-order valence-corrected chi connectivity index (χ4v) is 9.44. The quantitative estimate of drug-likeness (QED) is 0.104. The lowest BCUT2D eigenvalue weighted by Gasteiger charge is -2.27. The number of unbranched alkanes of at least 4 members (excludes halogenated alkanes) is 5. The number of amides is 2. The number of benzene rings is 2. The molecule has 5 nitrogen and oxygen atoms in total. The predicted molar refractivity (Wildman–Crippen MR) is 216 cm³/mol. The summed E-state index contributed by atoms with van der Waals surface area (Å²) in [5.41, 5.74) is 13.3. The van der Waals surface area contributed by atoms with Gasteiger partial charge in [-0.3, -0.25) is 9.59 Å².